The molecule has 2 N–H and O–H groups in total. The van der Waals surface area contributed by atoms with Gasteiger partial charge in [0.1, 0.15) is 5.75 Å². The average Bonchev–Trinajstić information content (AvgIpc) is 2.47. The summed E-state index contributed by atoms with van der Waals surface area (Å²) in [7, 11) is 0. The van der Waals surface area contributed by atoms with Crippen LogP contribution < -0.4 is 5.32 Å². The molecule has 0 atom stereocenters. The van der Waals surface area contributed by atoms with Gasteiger partial charge in [0.15, 0.2) is 5.78 Å². The molecule has 0 aliphatic heterocycles. The largest absolute Gasteiger partial charge is 0.508 e. The van der Waals surface area contributed by atoms with E-state index in [2.05, 4.69) is 10.3 Å². The minimum absolute atomic E-state index is 0.00106. The molecule has 4 heteroatoms. The van der Waals surface area contributed by atoms with E-state index in [0.29, 0.717) is 5.56 Å². The fourth-order valence-electron chi connectivity index (χ4n) is 1.79. The van der Waals surface area contributed by atoms with Crippen molar-refractivity contribution < 1.29 is 9.90 Å². The summed E-state index contributed by atoms with van der Waals surface area (Å²) in [5.41, 5.74) is 2.12. The van der Waals surface area contributed by atoms with Crippen LogP contribution in [-0.2, 0) is 0 Å². The quantitative estimate of drug-likeness (QED) is 0.816. The second-order valence-corrected chi connectivity index (χ2v) is 4.33. The van der Waals surface area contributed by atoms with Gasteiger partial charge in [0.25, 0.3) is 0 Å². The van der Waals surface area contributed by atoms with E-state index >= 15 is 0 Å². The van der Waals surface area contributed by atoms with Crippen molar-refractivity contribution in [1.29, 1.82) is 0 Å². The molecule has 0 spiro atoms. The molecular formula is C16H16N2O2. The van der Waals surface area contributed by atoms with Crippen LogP contribution in [0.5, 0.6) is 5.75 Å². The van der Waals surface area contributed by atoms with Gasteiger partial charge in [-0.05, 0) is 31.2 Å². The zero-order valence-electron chi connectivity index (χ0n) is 11.2. The fraction of sp³-hybridized carbons (Fsp3) is 0.125. The zero-order chi connectivity index (χ0) is 14.4. The highest BCUT2D eigenvalue weighted by Crippen LogP contribution is 2.19. The van der Waals surface area contributed by atoms with E-state index in [0.717, 1.165) is 11.4 Å². The molecule has 20 heavy (non-hydrogen) atoms. The summed E-state index contributed by atoms with van der Waals surface area (Å²) in [5.74, 6) is 0.183. The number of aromatic hydroxyl groups is 1. The third-order valence-electron chi connectivity index (χ3n) is 2.83. The number of anilines is 1. The molecule has 0 radical (unpaired) electrons. The predicted molar refractivity (Wildman–Crippen MR) is 78.7 cm³/mol. The first kappa shape index (κ1) is 13.8. The molecule has 0 fully saturated rings. The van der Waals surface area contributed by atoms with Crippen LogP contribution in [-0.4, -0.2) is 15.9 Å². The van der Waals surface area contributed by atoms with Crippen molar-refractivity contribution in [2.45, 2.75) is 13.3 Å². The maximum atomic E-state index is 12.1. The Balaban J connectivity index is 2.05. The van der Waals surface area contributed by atoms with E-state index < -0.39 is 0 Å². The maximum absolute atomic E-state index is 12.1. The number of allylic oxidation sites excluding steroid dienone is 2. The molecule has 0 aliphatic rings. The summed E-state index contributed by atoms with van der Waals surface area (Å²) in [5, 5.41) is 12.6. The standard InChI is InChI=1S/C16H16N2O2/c1-2-13(18-14-6-3-7-15(19)9-14)10-16(20)12-5-4-8-17-11-12/h2-9,11,18-19H,10H2,1H3. The molecule has 0 amide bonds. The summed E-state index contributed by atoms with van der Waals surface area (Å²) in [6, 6.07) is 10.3. The van der Waals surface area contributed by atoms with Crippen LogP contribution >= 0.6 is 0 Å². The van der Waals surface area contributed by atoms with Gasteiger partial charge in [0.05, 0.1) is 6.42 Å². The SMILES string of the molecule is CC=C(CC(=O)c1cccnc1)Nc1cccc(O)c1. The van der Waals surface area contributed by atoms with Crippen molar-refractivity contribution in [1.82, 2.24) is 4.98 Å². The fourth-order valence-corrected chi connectivity index (χ4v) is 1.79. The summed E-state index contributed by atoms with van der Waals surface area (Å²) in [6.45, 7) is 1.86. The Labute approximate surface area is 117 Å². The number of carbonyl (C=O) groups is 1. The van der Waals surface area contributed by atoms with Gasteiger partial charge in [-0.3, -0.25) is 9.78 Å². The van der Waals surface area contributed by atoms with Crippen LogP contribution in [0, 0.1) is 0 Å². The van der Waals surface area contributed by atoms with E-state index in [1.165, 1.54) is 0 Å². The monoisotopic (exact) mass is 268 g/mol. The number of hydrogen-bond donors (Lipinski definition) is 2. The van der Waals surface area contributed by atoms with Crippen molar-refractivity contribution in [3.8, 4) is 5.75 Å². The summed E-state index contributed by atoms with van der Waals surface area (Å²) >= 11 is 0. The second kappa shape index (κ2) is 6.52. The Hall–Kier alpha value is -2.62. The number of nitrogens with zero attached hydrogens (tertiary/aromatic N) is 1. The van der Waals surface area contributed by atoms with E-state index in [9.17, 15) is 9.90 Å². The third-order valence-corrected chi connectivity index (χ3v) is 2.83. The number of pyridine rings is 1. The van der Waals surface area contributed by atoms with E-state index in [1.807, 2.05) is 19.1 Å². The van der Waals surface area contributed by atoms with Crippen LogP contribution in [0.1, 0.15) is 23.7 Å². The normalized spacial score (nSPS) is 11.2. The van der Waals surface area contributed by atoms with Gasteiger partial charge in [-0.15, -0.1) is 0 Å². The first-order valence-electron chi connectivity index (χ1n) is 6.33. The van der Waals surface area contributed by atoms with Gasteiger partial charge in [0.2, 0.25) is 0 Å². The molecule has 1 heterocycles. The van der Waals surface area contributed by atoms with Crippen LogP contribution in [0.2, 0.25) is 0 Å². The molecule has 0 unspecified atom stereocenters. The van der Waals surface area contributed by atoms with E-state index in [4.69, 9.17) is 0 Å². The first-order chi connectivity index (χ1) is 9.69. The van der Waals surface area contributed by atoms with Crippen LogP contribution in [0.25, 0.3) is 0 Å². The maximum Gasteiger partial charge on any atom is 0.170 e. The number of Topliss-reactive ketones (excluding diaryl/α,β-unsaturated/α-hetero) is 1. The highest BCUT2D eigenvalue weighted by molar-refractivity contribution is 5.97. The number of phenols is 1. The molecule has 0 aliphatic carbocycles. The molecule has 0 saturated heterocycles. The van der Waals surface area contributed by atoms with Gasteiger partial charge >= 0.3 is 0 Å². The van der Waals surface area contributed by atoms with Gasteiger partial charge in [0, 0.05) is 35.4 Å². The Morgan fingerprint density at radius 2 is 2.20 bits per heavy atom. The lowest BCUT2D eigenvalue weighted by Gasteiger charge is -2.10. The number of phenolic OH excluding ortho intramolecular Hbond substituents is 1. The minimum atomic E-state index is -0.00106. The van der Waals surface area contributed by atoms with Gasteiger partial charge in [-0.2, -0.15) is 0 Å². The number of nitrogens with one attached hydrogen (secondary N) is 1. The Bertz CT molecular complexity index is 621. The number of ketones is 1. The Morgan fingerprint density at radius 3 is 2.85 bits per heavy atom. The highest BCUT2D eigenvalue weighted by Gasteiger charge is 2.09. The van der Waals surface area contributed by atoms with Gasteiger partial charge in [-0.25, -0.2) is 0 Å². The minimum Gasteiger partial charge on any atom is -0.508 e. The molecule has 1 aromatic carbocycles. The molecule has 4 nitrogen and oxygen atoms in total. The van der Waals surface area contributed by atoms with Crippen LogP contribution in [0.4, 0.5) is 5.69 Å². The van der Waals surface area contributed by atoms with Crippen LogP contribution in [0.15, 0.2) is 60.6 Å². The second-order valence-electron chi connectivity index (χ2n) is 4.33. The van der Waals surface area contributed by atoms with E-state index in [-0.39, 0.29) is 18.0 Å². The number of benzene rings is 1. The van der Waals surface area contributed by atoms with Crippen molar-refractivity contribution in [3.05, 3.63) is 66.1 Å². The summed E-state index contributed by atoms with van der Waals surface area (Å²) < 4.78 is 0. The zero-order valence-corrected chi connectivity index (χ0v) is 11.2. The molecule has 102 valence electrons. The topological polar surface area (TPSA) is 62.2 Å². The van der Waals surface area contributed by atoms with Crippen molar-refractivity contribution in [2.75, 3.05) is 5.32 Å². The average molecular weight is 268 g/mol. The van der Waals surface area contributed by atoms with Crippen molar-refractivity contribution in [2.24, 2.45) is 0 Å². The highest BCUT2D eigenvalue weighted by atomic mass is 16.3. The lowest BCUT2D eigenvalue weighted by atomic mass is 10.1. The van der Waals surface area contributed by atoms with Gasteiger partial charge in [-0.1, -0.05) is 12.1 Å². The lowest BCUT2D eigenvalue weighted by Crippen LogP contribution is -2.07. The van der Waals surface area contributed by atoms with Crippen molar-refractivity contribution in [3.63, 3.8) is 0 Å². The number of carbonyl (C=O) groups excluding carboxylic acids is 1. The first-order valence-corrected chi connectivity index (χ1v) is 6.33. The Morgan fingerprint density at radius 1 is 1.35 bits per heavy atom. The summed E-state index contributed by atoms with van der Waals surface area (Å²) in [6.07, 6.45) is 5.30. The number of aromatic nitrogens is 1. The molecule has 0 saturated carbocycles. The molecular weight excluding hydrogens is 252 g/mol. The molecule has 0 bridgehead atoms. The van der Waals surface area contributed by atoms with Crippen LogP contribution in [0.3, 0.4) is 0 Å². The number of rotatable bonds is 5. The summed E-state index contributed by atoms with van der Waals surface area (Å²) in [4.78, 5) is 16.0. The Kier molecular flexibility index (Phi) is 4.50. The lowest BCUT2D eigenvalue weighted by molar-refractivity contribution is 0.0993. The molecule has 2 aromatic rings. The smallest absolute Gasteiger partial charge is 0.170 e. The predicted octanol–water partition coefficient (Wildman–Crippen LogP) is 3.38. The molecule has 2 rings (SSSR count). The number of hydrogen-bond acceptors (Lipinski definition) is 4. The van der Waals surface area contributed by atoms with Gasteiger partial charge < -0.3 is 10.4 Å². The van der Waals surface area contributed by atoms with E-state index in [1.54, 1.807) is 42.7 Å². The molecule has 1 aromatic heterocycles. The third kappa shape index (κ3) is 3.68. The van der Waals surface area contributed by atoms with Crippen molar-refractivity contribution >= 4 is 11.5 Å².